The number of carbonyl (C=O) groups is 1. The number of aldehydes is 1. The van der Waals surface area contributed by atoms with E-state index in [9.17, 15) is 15.0 Å². The number of aliphatic hydroxyl groups is 2. The van der Waals surface area contributed by atoms with Gasteiger partial charge < -0.3 is 43.4 Å². The lowest BCUT2D eigenvalue weighted by Crippen LogP contribution is -2.56. The van der Waals surface area contributed by atoms with Gasteiger partial charge in [0.2, 0.25) is 0 Å². The maximum absolute atomic E-state index is 11.6. The van der Waals surface area contributed by atoms with Gasteiger partial charge in [-0.25, -0.2) is 0 Å². The Labute approximate surface area is 177 Å². The van der Waals surface area contributed by atoms with E-state index in [-0.39, 0.29) is 42.9 Å². The predicted octanol–water partition coefficient (Wildman–Crippen LogP) is 0.776. The van der Waals surface area contributed by atoms with E-state index < -0.39 is 37.0 Å². The van der Waals surface area contributed by atoms with Gasteiger partial charge >= 0.3 is 0 Å². The van der Waals surface area contributed by atoms with Gasteiger partial charge in [-0.15, -0.1) is 0 Å². The highest BCUT2D eigenvalue weighted by atomic mass is 16.7. The molecule has 12 atom stereocenters. The number of rotatable bonds is 6. The number of hydrogen-bond acceptors (Lipinski definition) is 9. The highest BCUT2D eigenvalue weighted by Crippen LogP contribution is 2.33. The zero-order chi connectivity index (χ0) is 22.0. The van der Waals surface area contributed by atoms with Crippen molar-refractivity contribution in [1.29, 1.82) is 0 Å². The monoisotopic (exact) mass is 432 g/mol. The first-order valence-corrected chi connectivity index (χ1v) is 10.8. The molecule has 0 aromatic carbocycles. The van der Waals surface area contributed by atoms with Crippen LogP contribution in [0, 0.1) is 5.92 Å². The van der Waals surface area contributed by atoms with E-state index in [0.29, 0.717) is 12.8 Å². The second-order valence-electron chi connectivity index (χ2n) is 8.73. The molecule has 0 radical (unpaired) electrons. The summed E-state index contributed by atoms with van der Waals surface area (Å²) in [7, 11) is 1.60. The predicted molar refractivity (Wildman–Crippen MR) is 105 cm³/mol. The Kier molecular flexibility index (Phi) is 8.25. The van der Waals surface area contributed by atoms with Gasteiger partial charge in [-0.05, 0) is 34.1 Å². The van der Waals surface area contributed by atoms with Crippen molar-refractivity contribution in [2.24, 2.45) is 5.92 Å². The minimum atomic E-state index is -0.936. The van der Waals surface area contributed by atoms with Crippen molar-refractivity contribution in [3.63, 3.8) is 0 Å². The lowest BCUT2D eigenvalue weighted by Gasteiger charge is -2.45. The van der Waals surface area contributed by atoms with Crippen molar-refractivity contribution < 1.29 is 43.4 Å². The number of methoxy groups -OCH3 is 1. The molecule has 3 aliphatic heterocycles. The van der Waals surface area contributed by atoms with Crippen LogP contribution in [0.4, 0.5) is 0 Å². The summed E-state index contributed by atoms with van der Waals surface area (Å²) in [6.45, 7) is 7.42. The summed E-state index contributed by atoms with van der Waals surface area (Å²) in [6, 6.07) is 0. The molecule has 3 saturated heterocycles. The van der Waals surface area contributed by atoms with Gasteiger partial charge in [0.1, 0.15) is 18.5 Å². The fourth-order valence-corrected chi connectivity index (χ4v) is 4.69. The molecule has 174 valence electrons. The first kappa shape index (κ1) is 24.0. The zero-order valence-corrected chi connectivity index (χ0v) is 18.4. The Balaban J connectivity index is 1.60. The molecular weight excluding hydrogens is 396 g/mol. The summed E-state index contributed by atoms with van der Waals surface area (Å²) in [5.74, 6) is -0.248. The van der Waals surface area contributed by atoms with Crippen LogP contribution in [0.2, 0.25) is 0 Å². The summed E-state index contributed by atoms with van der Waals surface area (Å²) in [4.78, 5) is 11.6. The molecule has 3 aliphatic rings. The normalized spacial score (nSPS) is 50.2. The molecule has 30 heavy (non-hydrogen) atoms. The molecule has 9 nitrogen and oxygen atoms in total. The maximum Gasteiger partial charge on any atom is 0.161 e. The minimum absolute atomic E-state index is 0.0116. The molecule has 9 heteroatoms. The summed E-state index contributed by atoms with van der Waals surface area (Å²) < 4.78 is 35.5. The average Bonchev–Trinajstić information content (AvgIpc) is 2.69. The molecule has 2 N–H and O–H groups in total. The Morgan fingerprint density at radius 3 is 2.07 bits per heavy atom. The zero-order valence-electron chi connectivity index (χ0n) is 18.4. The van der Waals surface area contributed by atoms with Crippen molar-refractivity contribution in [2.75, 3.05) is 7.11 Å². The molecule has 0 saturated carbocycles. The van der Waals surface area contributed by atoms with Crippen LogP contribution >= 0.6 is 0 Å². The first-order chi connectivity index (χ1) is 14.2. The van der Waals surface area contributed by atoms with Crippen LogP contribution in [0.1, 0.15) is 47.0 Å². The van der Waals surface area contributed by atoms with Crippen LogP contribution in [-0.2, 0) is 33.2 Å². The van der Waals surface area contributed by atoms with Gasteiger partial charge in [0.25, 0.3) is 0 Å². The lowest BCUT2D eigenvalue weighted by molar-refractivity contribution is -0.325. The van der Waals surface area contributed by atoms with Crippen molar-refractivity contribution in [1.82, 2.24) is 0 Å². The molecule has 3 rings (SSSR count). The smallest absolute Gasteiger partial charge is 0.161 e. The standard InChI is InChI=1S/C21H36O9/c1-10-6-14(9-22)20(12(3)26-10)29-18-8-16(25-5)21(13(4)28-18)30-17-7-15(23)19(24)11(2)27-17/h9-21,23-24H,6-8H2,1-5H3. The van der Waals surface area contributed by atoms with E-state index >= 15 is 0 Å². The lowest BCUT2D eigenvalue weighted by atomic mass is 9.90. The fourth-order valence-electron chi connectivity index (χ4n) is 4.69. The number of aliphatic hydroxyl groups excluding tert-OH is 2. The Hall–Kier alpha value is -0.650. The summed E-state index contributed by atoms with van der Waals surface area (Å²) in [6.07, 6.45) is -3.19. The van der Waals surface area contributed by atoms with Crippen LogP contribution < -0.4 is 0 Å². The second kappa shape index (κ2) is 10.3. The van der Waals surface area contributed by atoms with Crippen LogP contribution in [-0.4, -0.2) is 91.1 Å². The van der Waals surface area contributed by atoms with Gasteiger partial charge in [-0.2, -0.15) is 0 Å². The Morgan fingerprint density at radius 1 is 0.833 bits per heavy atom. The molecule has 0 spiro atoms. The van der Waals surface area contributed by atoms with Crippen LogP contribution in [0.15, 0.2) is 0 Å². The van der Waals surface area contributed by atoms with Crippen LogP contribution in [0.3, 0.4) is 0 Å². The third-order valence-electron chi connectivity index (χ3n) is 6.33. The van der Waals surface area contributed by atoms with Crippen molar-refractivity contribution >= 4 is 6.29 Å². The maximum atomic E-state index is 11.6. The Morgan fingerprint density at radius 2 is 1.43 bits per heavy atom. The first-order valence-electron chi connectivity index (χ1n) is 10.8. The molecule has 0 aromatic rings. The van der Waals surface area contributed by atoms with E-state index in [1.807, 2.05) is 20.8 Å². The second-order valence-corrected chi connectivity index (χ2v) is 8.73. The van der Waals surface area contributed by atoms with Gasteiger partial charge in [-0.3, -0.25) is 0 Å². The molecule has 0 bridgehead atoms. The molecule has 0 aliphatic carbocycles. The highest BCUT2D eigenvalue weighted by Gasteiger charge is 2.45. The number of ether oxygens (including phenoxy) is 6. The van der Waals surface area contributed by atoms with Crippen LogP contribution in [0.5, 0.6) is 0 Å². The molecular formula is C21H36O9. The van der Waals surface area contributed by atoms with E-state index in [1.54, 1.807) is 14.0 Å². The van der Waals surface area contributed by atoms with Crippen LogP contribution in [0.25, 0.3) is 0 Å². The number of carbonyl (C=O) groups excluding carboxylic acids is 1. The third-order valence-corrected chi connectivity index (χ3v) is 6.33. The SMILES string of the molecule is COC1CC(OC2C(C=O)CC(C)OC2C)OC(C)C1OC1CC(O)C(O)C(C)O1. The summed E-state index contributed by atoms with van der Waals surface area (Å²) in [5, 5.41) is 19.9. The highest BCUT2D eigenvalue weighted by molar-refractivity contribution is 5.55. The van der Waals surface area contributed by atoms with Crippen molar-refractivity contribution in [3.8, 4) is 0 Å². The summed E-state index contributed by atoms with van der Waals surface area (Å²) >= 11 is 0. The molecule has 12 unspecified atom stereocenters. The molecule has 0 amide bonds. The number of hydrogen-bond donors (Lipinski definition) is 2. The van der Waals surface area contributed by atoms with E-state index in [1.165, 1.54) is 0 Å². The minimum Gasteiger partial charge on any atom is -0.390 e. The largest absolute Gasteiger partial charge is 0.390 e. The van der Waals surface area contributed by atoms with Gasteiger partial charge in [0, 0.05) is 25.9 Å². The topological polar surface area (TPSA) is 113 Å². The molecule has 0 aromatic heterocycles. The van der Waals surface area contributed by atoms with Crippen molar-refractivity contribution in [3.05, 3.63) is 0 Å². The molecule has 3 fully saturated rings. The average molecular weight is 433 g/mol. The molecule has 3 heterocycles. The third kappa shape index (κ3) is 5.39. The quantitative estimate of drug-likeness (QED) is 0.588. The van der Waals surface area contributed by atoms with E-state index in [4.69, 9.17) is 28.4 Å². The fraction of sp³-hybridized carbons (Fsp3) is 0.952. The Bertz CT molecular complexity index is 549. The van der Waals surface area contributed by atoms with Gasteiger partial charge in [0.15, 0.2) is 12.6 Å². The van der Waals surface area contributed by atoms with E-state index in [2.05, 4.69) is 0 Å². The van der Waals surface area contributed by atoms with Gasteiger partial charge in [0.05, 0.1) is 42.7 Å². The summed E-state index contributed by atoms with van der Waals surface area (Å²) in [5.41, 5.74) is 0. The van der Waals surface area contributed by atoms with Gasteiger partial charge in [-0.1, -0.05) is 0 Å². The van der Waals surface area contributed by atoms with E-state index in [0.717, 1.165) is 6.29 Å². The van der Waals surface area contributed by atoms with Crippen molar-refractivity contribution in [2.45, 2.75) is 114 Å².